The van der Waals surface area contributed by atoms with Gasteiger partial charge in [0.25, 0.3) is 0 Å². The zero-order valence-electron chi connectivity index (χ0n) is 17.0. The van der Waals surface area contributed by atoms with Crippen LogP contribution in [0.5, 0.6) is 0 Å². The summed E-state index contributed by atoms with van der Waals surface area (Å²) in [4.78, 5) is 30.8. The highest BCUT2D eigenvalue weighted by atomic mass is 32.2. The molecule has 2 heterocycles. The Balaban J connectivity index is 1.82. The van der Waals surface area contributed by atoms with Crippen LogP contribution in [-0.2, 0) is 9.53 Å². The molecule has 0 N–H and O–H groups in total. The van der Waals surface area contributed by atoms with E-state index in [1.165, 1.54) is 0 Å². The van der Waals surface area contributed by atoms with Gasteiger partial charge in [-0.25, -0.2) is 4.79 Å². The second-order valence-corrected chi connectivity index (χ2v) is 9.67. The van der Waals surface area contributed by atoms with Crippen LogP contribution in [0.2, 0.25) is 0 Å². The summed E-state index contributed by atoms with van der Waals surface area (Å²) in [5, 5.41) is 0.00757. The van der Waals surface area contributed by atoms with Crippen LogP contribution in [0.25, 0.3) is 0 Å². The van der Waals surface area contributed by atoms with Gasteiger partial charge in [-0.3, -0.25) is 4.79 Å². The summed E-state index contributed by atoms with van der Waals surface area (Å²) in [7, 11) is 2.09. The summed E-state index contributed by atoms with van der Waals surface area (Å²) in [5.74, 6) is 1.78. The third-order valence-electron chi connectivity index (χ3n) is 5.22. The molecule has 2 rings (SSSR count). The van der Waals surface area contributed by atoms with Crippen molar-refractivity contribution in [3.63, 3.8) is 0 Å². The minimum atomic E-state index is -0.397. The summed E-state index contributed by atoms with van der Waals surface area (Å²) in [6.07, 6.45) is 1.29. The van der Waals surface area contributed by atoms with E-state index in [4.69, 9.17) is 4.74 Å². The topological polar surface area (TPSA) is 53.1 Å². The van der Waals surface area contributed by atoms with Gasteiger partial charge in [-0.2, -0.15) is 0 Å². The highest BCUT2D eigenvalue weighted by Crippen LogP contribution is 2.33. The van der Waals surface area contributed by atoms with Gasteiger partial charge in [0, 0.05) is 45.6 Å². The molecule has 0 aromatic rings. The van der Waals surface area contributed by atoms with Gasteiger partial charge < -0.3 is 19.4 Å². The van der Waals surface area contributed by atoms with Gasteiger partial charge in [0.05, 0.1) is 11.8 Å². The third-order valence-corrected chi connectivity index (χ3v) is 6.26. The van der Waals surface area contributed by atoms with E-state index in [0.29, 0.717) is 32.1 Å². The molecule has 6 nitrogen and oxygen atoms in total. The first-order valence-corrected chi connectivity index (χ1v) is 10.9. The van der Waals surface area contributed by atoms with Crippen LogP contribution >= 0.6 is 11.8 Å². The predicted octanol–water partition coefficient (Wildman–Crippen LogP) is 2.53. The number of rotatable bonds is 8. The van der Waals surface area contributed by atoms with Gasteiger partial charge in [0.1, 0.15) is 5.60 Å². The smallest absolute Gasteiger partial charge is 0.410 e. The lowest BCUT2D eigenvalue weighted by molar-refractivity contribution is -0.133. The van der Waals surface area contributed by atoms with Gasteiger partial charge >= 0.3 is 6.09 Å². The van der Waals surface area contributed by atoms with Crippen molar-refractivity contribution in [1.29, 1.82) is 0 Å². The Morgan fingerprint density at radius 1 is 1.31 bits per heavy atom. The van der Waals surface area contributed by atoms with Crippen LogP contribution in [0, 0.1) is 5.92 Å². The molecular weight excluding hydrogens is 350 g/mol. The Hall–Kier alpha value is -0.950. The average Bonchev–Trinajstić information content (AvgIpc) is 2.88. The van der Waals surface area contributed by atoms with Gasteiger partial charge in [-0.1, -0.05) is 20.8 Å². The summed E-state index contributed by atoms with van der Waals surface area (Å²) in [6, 6.07) is 0. The van der Waals surface area contributed by atoms with Crippen molar-refractivity contribution in [1.82, 2.24) is 14.7 Å². The molecule has 0 aliphatic carbocycles. The van der Waals surface area contributed by atoms with Gasteiger partial charge in [0.2, 0.25) is 5.91 Å². The van der Waals surface area contributed by atoms with E-state index in [9.17, 15) is 9.59 Å². The Morgan fingerprint density at radius 2 is 1.96 bits per heavy atom. The number of amides is 2. The maximum absolute atomic E-state index is 12.5. The molecule has 0 unspecified atom stereocenters. The van der Waals surface area contributed by atoms with Gasteiger partial charge in [0.15, 0.2) is 0 Å². The van der Waals surface area contributed by atoms with Gasteiger partial charge in [-0.05, 0) is 25.6 Å². The summed E-state index contributed by atoms with van der Waals surface area (Å²) >= 11 is 1.68. The first-order valence-electron chi connectivity index (χ1n) is 9.83. The first kappa shape index (κ1) is 21.4. The van der Waals surface area contributed by atoms with Crippen molar-refractivity contribution in [3.05, 3.63) is 0 Å². The van der Waals surface area contributed by atoms with Crippen molar-refractivity contribution in [2.75, 3.05) is 52.1 Å². The van der Waals surface area contributed by atoms with Crippen LogP contribution in [0.15, 0.2) is 0 Å². The van der Waals surface area contributed by atoms with E-state index >= 15 is 0 Å². The highest BCUT2D eigenvalue weighted by Gasteiger charge is 2.47. The number of hydrogen-bond donors (Lipinski definition) is 0. The maximum atomic E-state index is 12.5. The number of ether oxygens (including phenoxy) is 1. The molecule has 7 heteroatoms. The number of carbonyl (C=O) groups excluding carboxylic acids is 2. The summed E-state index contributed by atoms with van der Waals surface area (Å²) in [6.45, 7) is 13.1. The van der Waals surface area contributed by atoms with E-state index in [1.807, 2.05) is 16.7 Å². The fraction of sp³-hybridized carbons (Fsp3) is 0.895. The molecular formula is C19H35N3O3S. The number of nitrogens with zero attached hydrogens (tertiary/aromatic N) is 3. The first-order chi connectivity index (χ1) is 12.3. The predicted molar refractivity (Wildman–Crippen MR) is 107 cm³/mol. The number of likely N-dealkylation sites (N-methyl/N-ethyl adjacent to an activating group) is 1. The minimum Gasteiger partial charge on any atom is -0.441 e. The largest absolute Gasteiger partial charge is 0.441 e. The fourth-order valence-electron chi connectivity index (χ4n) is 3.84. The van der Waals surface area contributed by atoms with Gasteiger partial charge in [-0.15, -0.1) is 11.8 Å². The van der Waals surface area contributed by atoms with Crippen LogP contribution in [-0.4, -0.2) is 89.6 Å². The molecule has 0 aromatic heterocycles. The molecule has 2 aliphatic rings. The molecule has 26 heavy (non-hydrogen) atoms. The molecule has 2 saturated heterocycles. The van der Waals surface area contributed by atoms with E-state index in [-0.39, 0.29) is 17.3 Å². The number of carbonyl (C=O) groups is 2. The minimum absolute atomic E-state index is 0.00757. The van der Waals surface area contributed by atoms with Crippen LogP contribution in [0.4, 0.5) is 4.79 Å². The second kappa shape index (κ2) is 9.31. The Bertz CT molecular complexity index is 492. The molecule has 0 saturated carbocycles. The lowest BCUT2D eigenvalue weighted by Crippen LogP contribution is -2.50. The molecule has 1 spiro atoms. The number of thioether (sulfide) groups is 1. The number of likely N-dealkylation sites (tertiary alicyclic amines) is 1. The molecule has 0 radical (unpaired) electrons. The highest BCUT2D eigenvalue weighted by molar-refractivity contribution is 8.00. The lowest BCUT2D eigenvalue weighted by Gasteiger charge is -2.38. The van der Waals surface area contributed by atoms with Crippen LogP contribution < -0.4 is 0 Å². The van der Waals surface area contributed by atoms with Crippen molar-refractivity contribution >= 4 is 23.8 Å². The monoisotopic (exact) mass is 385 g/mol. The van der Waals surface area contributed by atoms with E-state index < -0.39 is 5.60 Å². The summed E-state index contributed by atoms with van der Waals surface area (Å²) < 4.78 is 5.78. The molecule has 1 atom stereocenters. The molecule has 0 aromatic carbocycles. The number of piperidine rings is 1. The summed E-state index contributed by atoms with van der Waals surface area (Å²) in [5.41, 5.74) is -0.397. The van der Waals surface area contributed by atoms with E-state index in [0.717, 1.165) is 31.7 Å². The third kappa shape index (κ3) is 5.52. The zero-order valence-corrected chi connectivity index (χ0v) is 17.8. The normalized spacial score (nSPS) is 21.0. The van der Waals surface area contributed by atoms with Crippen molar-refractivity contribution < 1.29 is 14.3 Å². The quantitative estimate of drug-likeness (QED) is 0.643. The average molecular weight is 386 g/mol. The van der Waals surface area contributed by atoms with Crippen molar-refractivity contribution in [3.8, 4) is 0 Å². The molecule has 2 amide bonds. The molecule has 2 aliphatic heterocycles. The number of hydrogen-bond acceptors (Lipinski definition) is 5. The van der Waals surface area contributed by atoms with E-state index in [2.05, 4.69) is 32.7 Å². The Morgan fingerprint density at radius 3 is 2.54 bits per heavy atom. The van der Waals surface area contributed by atoms with E-state index in [1.54, 1.807) is 11.8 Å². The maximum Gasteiger partial charge on any atom is 0.410 e. The lowest BCUT2D eigenvalue weighted by atomic mass is 9.91. The Kier molecular flexibility index (Phi) is 7.64. The van der Waals surface area contributed by atoms with Crippen LogP contribution in [0.3, 0.4) is 0 Å². The molecule has 2 fully saturated rings. The standard InChI is InChI=1S/C19H35N3O3S/c1-6-26-16(4)17(23)21-9-7-19(8-10-21)14-22(18(24)25-19)12-11-20(5)13-15(2)3/h15-16H,6-14H2,1-5H3/t16-/m1/s1. The second-order valence-electron chi connectivity index (χ2n) is 8.05. The van der Waals surface area contributed by atoms with Crippen molar-refractivity contribution in [2.45, 2.75) is 51.4 Å². The zero-order chi connectivity index (χ0) is 19.3. The van der Waals surface area contributed by atoms with Crippen molar-refractivity contribution in [2.24, 2.45) is 5.92 Å². The fourth-order valence-corrected chi connectivity index (χ4v) is 4.64. The molecule has 150 valence electrons. The molecule has 0 bridgehead atoms. The SMILES string of the molecule is CCS[C@H](C)C(=O)N1CCC2(CC1)CN(CCN(C)CC(C)C)C(=O)O2. The van der Waals surface area contributed by atoms with Crippen LogP contribution in [0.1, 0.15) is 40.5 Å². The Labute approximate surface area is 162 Å².